The van der Waals surface area contributed by atoms with Crippen LogP contribution < -0.4 is 5.32 Å². The Hall–Kier alpha value is -2.15. The summed E-state index contributed by atoms with van der Waals surface area (Å²) in [5.74, 6) is -0.438. The Morgan fingerprint density at radius 3 is 2.70 bits per heavy atom. The van der Waals surface area contributed by atoms with Crippen LogP contribution in [0, 0.1) is 11.8 Å². The Morgan fingerprint density at radius 2 is 2.15 bits per heavy atom. The fraction of sp³-hybridized carbons (Fsp3) is 0.333. The highest BCUT2D eigenvalue weighted by molar-refractivity contribution is 6.18. The van der Waals surface area contributed by atoms with E-state index in [4.69, 9.17) is 11.6 Å². The summed E-state index contributed by atoms with van der Waals surface area (Å²) in [5.41, 5.74) is 1.40. The van der Waals surface area contributed by atoms with Gasteiger partial charge in [0.15, 0.2) is 0 Å². The molecule has 0 aromatic heterocycles. The van der Waals surface area contributed by atoms with E-state index >= 15 is 0 Å². The van der Waals surface area contributed by atoms with Crippen LogP contribution in [0.1, 0.15) is 15.9 Å². The largest absolute Gasteiger partial charge is 0.465 e. The zero-order valence-electron chi connectivity index (χ0n) is 11.1. The number of hydrogen-bond acceptors (Lipinski definition) is 5. The number of anilines is 1. The zero-order valence-corrected chi connectivity index (χ0v) is 11.8. The van der Waals surface area contributed by atoms with Crippen LogP contribution in [0.5, 0.6) is 0 Å². The number of esters is 1. The van der Waals surface area contributed by atoms with Crippen LogP contribution in [0.3, 0.4) is 0 Å². The molecular formula is C12H14ClN3O4. The highest BCUT2D eigenvalue weighted by Crippen LogP contribution is 2.18. The van der Waals surface area contributed by atoms with Crippen LogP contribution in [-0.2, 0) is 4.74 Å². The number of benzene rings is 1. The third-order valence-corrected chi connectivity index (χ3v) is 2.70. The molecule has 8 heteroatoms. The maximum atomic E-state index is 11.8. The molecule has 1 aromatic carbocycles. The molecular weight excluding hydrogens is 286 g/mol. The summed E-state index contributed by atoms with van der Waals surface area (Å²) in [4.78, 5) is 33.7. The number of nitroso groups, excluding NO2 is 1. The zero-order chi connectivity index (χ0) is 15.1. The minimum absolute atomic E-state index is 0.00731. The number of hydrogen-bond donors (Lipinski definition) is 1. The Labute approximate surface area is 120 Å². The van der Waals surface area contributed by atoms with E-state index in [1.807, 2.05) is 0 Å². The van der Waals surface area contributed by atoms with Gasteiger partial charge in [0, 0.05) is 11.6 Å². The molecule has 1 rings (SSSR count). The number of amides is 2. The van der Waals surface area contributed by atoms with Gasteiger partial charge in [0.25, 0.3) is 0 Å². The highest BCUT2D eigenvalue weighted by Gasteiger charge is 2.15. The average molecular weight is 300 g/mol. The third-order valence-electron chi connectivity index (χ3n) is 2.53. The number of alkyl halides is 1. The first-order valence-corrected chi connectivity index (χ1v) is 6.23. The number of carbonyl (C=O) groups is 2. The molecule has 7 nitrogen and oxygen atoms in total. The lowest BCUT2D eigenvalue weighted by atomic mass is 10.1. The lowest BCUT2D eigenvalue weighted by Gasteiger charge is -2.14. The molecule has 0 saturated heterocycles. The Kier molecular flexibility index (Phi) is 5.92. The van der Waals surface area contributed by atoms with Crippen molar-refractivity contribution in [3.63, 3.8) is 0 Å². The second-order valence-corrected chi connectivity index (χ2v) is 4.22. The van der Waals surface area contributed by atoms with Gasteiger partial charge in [0.1, 0.15) is 0 Å². The summed E-state index contributed by atoms with van der Waals surface area (Å²) in [6.45, 7) is 1.74. The third kappa shape index (κ3) is 3.92. The van der Waals surface area contributed by atoms with Crippen LogP contribution in [0.25, 0.3) is 0 Å². The van der Waals surface area contributed by atoms with Crippen molar-refractivity contribution in [3.05, 3.63) is 34.2 Å². The van der Waals surface area contributed by atoms with Gasteiger partial charge in [0.05, 0.1) is 24.5 Å². The predicted octanol–water partition coefficient (Wildman–Crippen LogP) is 2.54. The van der Waals surface area contributed by atoms with E-state index in [1.54, 1.807) is 19.1 Å². The molecule has 0 saturated carbocycles. The highest BCUT2D eigenvalue weighted by atomic mass is 35.5. The number of rotatable bonds is 5. The number of aryl methyl sites for hydroxylation is 1. The Bertz CT molecular complexity index is 521. The minimum atomic E-state index is -0.717. The van der Waals surface area contributed by atoms with Crippen molar-refractivity contribution in [1.29, 1.82) is 0 Å². The van der Waals surface area contributed by atoms with Gasteiger partial charge in [-0.15, -0.1) is 16.5 Å². The Morgan fingerprint density at radius 1 is 1.45 bits per heavy atom. The maximum Gasteiger partial charge on any atom is 0.344 e. The van der Waals surface area contributed by atoms with Crippen molar-refractivity contribution < 1.29 is 14.3 Å². The topological polar surface area (TPSA) is 88.1 Å². The van der Waals surface area contributed by atoms with Crippen molar-refractivity contribution in [2.75, 3.05) is 24.9 Å². The van der Waals surface area contributed by atoms with E-state index in [2.05, 4.69) is 15.3 Å². The number of nitrogens with zero attached hydrogens (tertiary/aromatic N) is 2. The summed E-state index contributed by atoms with van der Waals surface area (Å²) >= 11 is 5.46. The average Bonchev–Trinajstić information content (AvgIpc) is 2.45. The van der Waals surface area contributed by atoms with Crippen LogP contribution in [0.15, 0.2) is 23.5 Å². The van der Waals surface area contributed by atoms with Crippen LogP contribution in [-0.4, -0.2) is 36.5 Å². The molecule has 0 aliphatic carbocycles. The molecule has 0 radical (unpaired) electrons. The number of nitrogens with one attached hydrogen (secondary N) is 1. The molecule has 0 bridgehead atoms. The molecule has 1 aromatic rings. The molecule has 0 unspecified atom stereocenters. The van der Waals surface area contributed by atoms with Crippen molar-refractivity contribution >= 4 is 29.3 Å². The quantitative estimate of drug-likeness (QED) is 0.391. The van der Waals surface area contributed by atoms with Crippen molar-refractivity contribution in [3.8, 4) is 0 Å². The molecule has 0 aliphatic heterocycles. The lowest BCUT2D eigenvalue weighted by molar-refractivity contribution is 0.0600. The fourth-order valence-corrected chi connectivity index (χ4v) is 1.60. The molecule has 1 N–H and O–H groups in total. The lowest BCUT2D eigenvalue weighted by Crippen LogP contribution is -2.31. The van der Waals surface area contributed by atoms with Crippen LogP contribution >= 0.6 is 11.6 Å². The van der Waals surface area contributed by atoms with Gasteiger partial charge in [-0.1, -0.05) is 6.07 Å². The molecule has 0 fully saturated rings. The van der Waals surface area contributed by atoms with Gasteiger partial charge >= 0.3 is 12.0 Å². The number of carbonyl (C=O) groups excluding carboxylic acids is 2. The smallest absolute Gasteiger partial charge is 0.344 e. The number of methoxy groups -OCH3 is 1. The molecule has 108 valence electrons. The van der Waals surface area contributed by atoms with Gasteiger partial charge in [-0.25, -0.2) is 9.59 Å². The summed E-state index contributed by atoms with van der Waals surface area (Å²) in [7, 11) is 1.26. The van der Waals surface area contributed by atoms with Gasteiger partial charge in [0.2, 0.25) is 0 Å². The van der Waals surface area contributed by atoms with Crippen molar-refractivity contribution in [1.82, 2.24) is 5.01 Å². The minimum Gasteiger partial charge on any atom is -0.465 e. The SMILES string of the molecule is COC(=O)c1ccc(C)c(NC(=O)N(CCCl)N=O)c1. The predicted molar refractivity (Wildman–Crippen MR) is 74.8 cm³/mol. The summed E-state index contributed by atoms with van der Waals surface area (Å²) < 4.78 is 4.60. The number of halogens is 1. The van der Waals surface area contributed by atoms with E-state index in [9.17, 15) is 14.5 Å². The van der Waals surface area contributed by atoms with E-state index in [-0.39, 0.29) is 18.0 Å². The Balaban J connectivity index is 2.93. The molecule has 0 atom stereocenters. The van der Waals surface area contributed by atoms with Crippen LogP contribution in [0.4, 0.5) is 10.5 Å². The first-order valence-electron chi connectivity index (χ1n) is 5.70. The van der Waals surface area contributed by atoms with Gasteiger partial charge in [-0.05, 0) is 24.6 Å². The van der Waals surface area contributed by atoms with E-state index < -0.39 is 12.0 Å². The first-order chi connectivity index (χ1) is 9.53. The number of ether oxygens (including phenoxy) is 1. The second-order valence-electron chi connectivity index (χ2n) is 3.85. The molecule has 0 aliphatic rings. The van der Waals surface area contributed by atoms with E-state index in [0.29, 0.717) is 10.7 Å². The van der Waals surface area contributed by atoms with Gasteiger partial charge in [-0.2, -0.15) is 5.01 Å². The second kappa shape index (κ2) is 7.44. The molecule has 2 amide bonds. The van der Waals surface area contributed by atoms with Crippen LogP contribution in [0.2, 0.25) is 0 Å². The standard InChI is InChI=1S/C12H14ClN3O4/c1-8-3-4-9(11(17)20-2)7-10(8)14-12(18)16(15-19)6-5-13/h3-4,7H,5-6H2,1-2H3,(H,14,18). The normalized spacial score (nSPS) is 9.75. The number of urea groups is 1. The van der Waals surface area contributed by atoms with Gasteiger partial charge < -0.3 is 10.1 Å². The molecule has 0 spiro atoms. The summed E-state index contributed by atoms with van der Waals surface area (Å²) in [6.07, 6.45) is 0. The molecule has 20 heavy (non-hydrogen) atoms. The van der Waals surface area contributed by atoms with Gasteiger partial charge in [-0.3, -0.25) is 0 Å². The molecule has 0 heterocycles. The van der Waals surface area contributed by atoms with E-state index in [1.165, 1.54) is 13.2 Å². The first kappa shape index (κ1) is 15.9. The summed E-state index contributed by atoms with van der Waals surface area (Å²) in [6, 6.07) is 3.97. The maximum absolute atomic E-state index is 11.8. The summed E-state index contributed by atoms with van der Waals surface area (Å²) in [5, 5.41) is 5.73. The fourth-order valence-electron chi connectivity index (χ4n) is 1.44. The van der Waals surface area contributed by atoms with Crippen molar-refractivity contribution in [2.24, 2.45) is 5.29 Å². The van der Waals surface area contributed by atoms with E-state index in [0.717, 1.165) is 5.56 Å². The monoisotopic (exact) mass is 299 g/mol. The van der Waals surface area contributed by atoms with Crippen molar-refractivity contribution in [2.45, 2.75) is 6.92 Å².